The number of aromatic hydroxyl groups is 1. The van der Waals surface area contributed by atoms with E-state index in [-0.39, 0.29) is 0 Å². The van der Waals surface area contributed by atoms with Crippen molar-refractivity contribution in [2.75, 3.05) is 0 Å². The molecule has 0 radical (unpaired) electrons. The number of phenolic OH excluding ortho intramolecular Hbond substituents is 1. The lowest BCUT2D eigenvalue weighted by atomic mass is 10.1. The van der Waals surface area contributed by atoms with Gasteiger partial charge in [-0.15, -0.1) is 10.2 Å². The number of para-hydroxylation sites is 2. The van der Waals surface area contributed by atoms with Crippen LogP contribution in [-0.4, -0.2) is 19.9 Å². The van der Waals surface area contributed by atoms with Gasteiger partial charge >= 0.3 is 0 Å². The number of hydrogen-bond acceptors (Lipinski definition) is 3. The van der Waals surface area contributed by atoms with Crippen LogP contribution in [0.5, 0.6) is 5.75 Å². The van der Waals surface area contributed by atoms with E-state index in [2.05, 4.69) is 10.2 Å². The molecule has 0 saturated carbocycles. The van der Waals surface area contributed by atoms with Gasteiger partial charge in [0.05, 0.1) is 10.7 Å². The SMILES string of the molecule is Oc1ccccc1CCc1nncn1-c1ccccc1Cl. The number of nitrogens with zero attached hydrogens (tertiary/aromatic N) is 3. The van der Waals surface area contributed by atoms with E-state index in [4.69, 9.17) is 11.6 Å². The Hall–Kier alpha value is -2.33. The zero-order chi connectivity index (χ0) is 14.7. The molecule has 1 heterocycles. The van der Waals surface area contributed by atoms with Gasteiger partial charge in [-0.1, -0.05) is 41.9 Å². The Morgan fingerprint density at radius 3 is 2.57 bits per heavy atom. The van der Waals surface area contributed by atoms with Crippen LogP contribution in [-0.2, 0) is 12.8 Å². The number of rotatable bonds is 4. The fraction of sp³-hybridized carbons (Fsp3) is 0.125. The van der Waals surface area contributed by atoms with Crippen molar-refractivity contribution in [2.24, 2.45) is 0 Å². The van der Waals surface area contributed by atoms with E-state index in [9.17, 15) is 5.11 Å². The number of hydrogen-bond donors (Lipinski definition) is 1. The second kappa shape index (κ2) is 5.97. The minimum absolute atomic E-state index is 0.307. The molecule has 0 saturated heterocycles. The fourth-order valence-corrected chi connectivity index (χ4v) is 2.47. The van der Waals surface area contributed by atoms with Gasteiger partial charge in [0, 0.05) is 6.42 Å². The number of halogens is 1. The summed E-state index contributed by atoms with van der Waals surface area (Å²) < 4.78 is 1.88. The Morgan fingerprint density at radius 2 is 1.76 bits per heavy atom. The van der Waals surface area contributed by atoms with Crippen molar-refractivity contribution in [3.63, 3.8) is 0 Å². The van der Waals surface area contributed by atoms with Crippen LogP contribution in [0.4, 0.5) is 0 Å². The van der Waals surface area contributed by atoms with Crippen LogP contribution >= 0.6 is 11.6 Å². The summed E-state index contributed by atoms with van der Waals surface area (Å²) in [5, 5.41) is 18.6. The van der Waals surface area contributed by atoms with E-state index >= 15 is 0 Å². The lowest BCUT2D eigenvalue weighted by molar-refractivity contribution is 0.467. The molecule has 3 rings (SSSR count). The van der Waals surface area contributed by atoms with Gasteiger partial charge in [0.1, 0.15) is 17.9 Å². The normalized spacial score (nSPS) is 10.7. The van der Waals surface area contributed by atoms with Crippen LogP contribution in [0.2, 0.25) is 5.02 Å². The smallest absolute Gasteiger partial charge is 0.137 e. The third-order valence-electron chi connectivity index (χ3n) is 3.34. The number of phenols is 1. The first-order chi connectivity index (χ1) is 10.3. The lowest BCUT2D eigenvalue weighted by Crippen LogP contribution is -2.03. The topological polar surface area (TPSA) is 50.9 Å². The van der Waals surface area contributed by atoms with E-state index in [0.29, 0.717) is 23.6 Å². The first kappa shape index (κ1) is 13.6. The predicted octanol–water partition coefficient (Wildman–Crippen LogP) is 3.41. The molecule has 0 bridgehead atoms. The van der Waals surface area contributed by atoms with E-state index in [1.165, 1.54) is 0 Å². The third kappa shape index (κ3) is 2.90. The summed E-state index contributed by atoms with van der Waals surface area (Å²) in [5.74, 6) is 1.12. The van der Waals surface area contributed by atoms with Crippen LogP contribution in [0.1, 0.15) is 11.4 Å². The molecule has 0 aliphatic heterocycles. The largest absolute Gasteiger partial charge is 0.508 e. The van der Waals surface area contributed by atoms with Gasteiger partial charge < -0.3 is 5.11 Å². The van der Waals surface area contributed by atoms with Gasteiger partial charge in [-0.2, -0.15) is 0 Å². The van der Waals surface area contributed by atoms with Crippen LogP contribution in [0.15, 0.2) is 54.9 Å². The average molecular weight is 300 g/mol. The molecule has 0 spiro atoms. The quantitative estimate of drug-likeness (QED) is 0.803. The molecule has 0 amide bonds. The lowest BCUT2D eigenvalue weighted by Gasteiger charge is -2.08. The molecule has 21 heavy (non-hydrogen) atoms. The van der Waals surface area contributed by atoms with E-state index in [1.807, 2.05) is 47.0 Å². The summed E-state index contributed by atoms with van der Waals surface area (Å²) in [6.45, 7) is 0. The predicted molar refractivity (Wildman–Crippen MR) is 81.9 cm³/mol. The van der Waals surface area contributed by atoms with Crippen LogP contribution in [0, 0.1) is 0 Å². The first-order valence-corrected chi connectivity index (χ1v) is 7.04. The van der Waals surface area contributed by atoms with Crippen LogP contribution < -0.4 is 0 Å². The van der Waals surface area contributed by atoms with Crippen molar-refractivity contribution in [1.82, 2.24) is 14.8 Å². The zero-order valence-electron chi connectivity index (χ0n) is 11.3. The van der Waals surface area contributed by atoms with Crippen molar-refractivity contribution in [3.05, 3.63) is 71.3 Å². The molecular formula is C16H14ClN3O. The second-order valence-corrected chi connectivity index (χ2v) is 5.10. The van der Waals surface area contributed by atoms with Crippen LogP contribution in [0.25, 0.3) is 5.69 Å². The van der Waals surface area contributed by atoms with Gasteiger partial charge in [-0.05, 0) is 30.2 Å². The molecule has 0 unspecified atom stereocenters. The summed E-state index contributed by atoms with van der Waals surface area (Å²) in [7, 11) is 0. The van der Waals surface area contributed by atoms with E-state index in [0.717, 1.165) is 17.1 Å². The van der Waals surface area contributed by atoms with E-state index in [1.54, 1.807) is 12.4 Å². The average Bonchev–Trinajstić information content (AvgIpc) is 2.95. The summed E-state index contributed by atoms with van der Waals surface area (Å²) in [6.07, 6.45) is 3.01. The van der Waals surface area contributed by atoms with Crippen LogP contribution in [0.3, 0.4) is 0 Å². The molecule has 2 aromatic carbocycles. The van der Waals surface area contributed by atoms with Crippen molar-refractivity contribution in [1.29, 1.82) is 0 Å². The minimum Gasteiger partial charge on any atom is -0.508 e. The highest BCUT2D eigenvalue weighted by molar-refractivity contribution is 6.32. The van der Waals surface area contributed by atoms with Gasteiger partial charge in [0.25, 0.3) is 0 Å². The molecule has 1 aromatic heterocycles. The highest BCUT2D eigenvalue weighted by Gasteiger charge is 2.10. The maximum atomic E-state index is 9.81. The van der Waals surface area contributed by atoms with Crippen molar-refractivity contribution >= 4 is 11.6 Å². The van der Waals surface area contributed by atoms with Crippen molar-refractivity contribution in [2.45, 2.75) is 12.8 Å². The molecule has 0 atom stereocenters. The van der Waals surface area contributed by atoms with Crippen molar-refractivity contribution in [3.8, 4) is 11.4 Å². The van der Waals surface area contributed by atoms with Gasteiger partial charge in [0.2, 0.25) is 0 Å². The molecule has 5 heteroatoms. The molecule has 0 aliphatic rings. The summed E-state index contributed by atoms with van der Waals surface area (Å²) in [4.78, 5) is 0. The molecule has 1 N–H and O–H groups in total. The third-order valence-corrected chi connectivity index (χ3v) is 3.66. The summed E-state index contributed by atoms with van der Waals surface area (Å²) >= 11 is 6.21. The molecular weight excluding hydrogens is 286 g/mol. The standard InChI is InChI=1S/C16H14ClN3O/c17-13-6-2-3-7-14(13)20-11-18-19-16(20)10-9-12-5-1-4-8-15(12)21/h1-8,11,21H,9-10H2. The molecule has 0 fully saturated rings. The maximum absolute atomic E-state index is 9.81. The Kier molecular flexibility index (Phi) is 3.88. The highest BCUT2D eigenvalue weighted by atomic mass is 35.5. The summed E-state index contributed by atoms with van der Waals surface area (Å²) in [5.41, 5.74) is 1.75. The van der Waals surface area contributed by atoms with Crippen molar-refractivity contribution < 1.29 is 5.11 Å². The van der Waals surface area contributed by atoms with Gasteiger partial charge in [0.15, 0.2) is 0 Å². The summed E-state index contributed by atoms with van der Waals surface area (Å²) in [6, 6.07) is 14.9. The Labute approximate surface area is 127 Å². The van der Waals surface area contributed by atoms with Gasteiger partial charge in [-0.3, -0.25) is 4.57 Å². The van der Waals surface area contributed by atoms with E-state index < -0.39 is 0 Å². The second-order valence-electron chi connectivity index (χ2n) is 4.70. The fourth-order valence-electron chi connectivity index (χ4n) is 2.25. The Bertz CT molecular complexity index is 755. The zero-order valence-corrected chi connectivity index (χ0v) is 12.0. The number of aryl methyl sites for hydroxylation is 2. The molecule has 106 valence electrons. The van der Waals surface area contributed by atoms with Gasteiger partial charge in [-0.25, -0.2) is 0 Å². The number of benzene rings is 2. The molecule has 3 aromatic rings. The monoisotopic (exact) mass is 299 g/mol. The maximum Gasteiger partial charge on any atom is 0.137 e. The Morgan fingerprint density at radius 1 is 1.00 bits per heavy atom. The molecule has 0 aliphatic carbocycles. The highest BCUT2D eigenvalue weighted by Crippen LogP contribution is 2.22. The minimum atomic E-state index is 0.307. The first-order valence-electron chi connectivity index (χ1n) is 6.66. The number of aromatic nitrogens is 3. The Balaban J connectivity index is 1.84. The molecule has 4 nitrogen and oxygen atoms in total.